The summed E-state index contributed by atoms with van der Waals surface area (Å²) in [6.45, 7) is 11.4. The number of hydrogen-bond acceptors (Lipinski definition) is 8. The van der Waals surface area contributed by atoms with Gasteiger partial charge >= 0.3 is 0 Å². The lowest BCUT2D eigenvalue weighted by Crippen LogP contribution is -2.61. The van der Waals surface area contributed by atoms with E-state index in [4.69, 9.17) is 9.47 Å². The zero-order chi connectivity index (χ0) is 24.0. The minimum absolute atomic E-state index is 0.0817. The summed E-state index contributed by atoms with van der Waals surface area (Å²) in [6, 6.07) is 8.51. The molecule has 2 aromatic rings. The predicted molar refractivity (Wildman–Crippen MR) is 135 cm³/mol. The monoisotopic (exact) mass is 478 g/mol. The summed E-state index contributed by atoms with van der Waals surface area (Å²) >= 11 is 0. The molecule has 5 heterocycles. The molecule has 1 aromatic carbocycles. The van der Waals surface area contributed by atoms with Crippen molar-refractivity contribution in [1.29, 1.82) is 0 Å². The first-order valence-corrected chi connectivity index (χ1v) is 12.5. The third-order valence-electron chi connectivity index (χ3n) is 7.00. The summed E-state index contributed by atoms with van der Waals surface area (Å²) in [4.78, 5) is 26.7. The van der Waals surface area contributed by atoms with Gasteiger partial charge in [0, 0.05) is 32.2 Å². The topological polar surface area (TPSA) is 83.1 Å². The SMILES string of the molecule is C=CC(=O)N1CC(N2CCCCC2)C1.c1ccc2c(c1)Nc1ncnc(N3CCOCC3)c1CO2. The van der Waals surface area contributed by atoms with Crippen molar-refractivity contribution < 1.29 is 14.3 Å². The number of nitrogens with one attached hydrogen (secondary N) is 1. The van der Waals surface area contributed by atoms with Crippen molar-refractivity contribution in [3.63, 3.8) is 0 Å². The van der Waals surface area contributed by atoms with E-state index in [-0.39, 0.29) is 5.91 Å². The highest BCUT2D eigenvalue weighted by Crippen LogP contribution is 2.35. The molecule has 1 amide bonds. The summed E-state index contributed by atoms with van der Waals surface area (Å²) < 4.78 is 11.3. The Morgan fingerprint density at radius 1 is 1.06 bits per heavy atom. The molecule has 1 N–H and O–H groups in total. The lowest BCUT2D eigenvalue weighted by molar-refractivity contribution is -0.133. The number of hydrogen-bond donors (Lipinski definition) is 1. The van der Waals surface area contributed by atoms with Gasteiger partial charge in [0.25, 0.3) is 0 Å². The molecular weight excluding hydrogens is 444 g/mol. The van der Waals surface area contributed by atoms with E-state index in [9.17, 15) is 4.79 Å². The van der Waals surface area contributed by atoms with Crippen molar-refractivity contribution in [2.24, 2.45) is 0 Å². The number of rotatable bonds is 3. The second-order valence-corrected chi connectivity index (χ2v) is 9.23. The molecule has 0 unspecified atom stereocenters. The average Bonchev–Trinajstić information content (AvgIpc) is 3.08. The molecule has 4 aliphatic heterocycles. The van der Waals surface area contributed by atoms with E-state index in [1.54, 1.807) is 6.33 Å². The molecule has 9 nitrogen and oxygen atoms in total. The molecule has 6 rings (SSSR count). The van der Waals surface area contributed by atoms with Gasteiger partial charge < -0.3 is 24.6 Å². The number of carbonyl (C=O) groups excluding carboxylic acids is 1. The Bertz CT molecular complexity index is 1030. The zero-order valence-corrected chi connectivity index (χ0v) is 20.2. The Hall–Kier alpha value is -3.17. The van der Waals surface area contributed by atoms with Gasteiger partial charge in [-0.1, -0.05) is 25.1 Å². The number of nitrogens with zero attached hydrogens (tertiary/aromatic N) is 5. The first kappa shape index (κ1) is 23.6. The van der Waals surface area contributed by atoms with Crippen LogP contribution in [0, 0.1) is 0 Å². The number of fused-ring (bicyclic) bond motifs is 2. The minimum atomic E-state index is 0.0817. The maximum absolute atomic E-state index is 11.2. The summed E-state index contributed by atoms with van der Waals surface area (Å²) in [5.74, 6) is 2.67. The number of benzene rings is 1. The fraction of sp³-hybridized carbons (Fsp3) is 0.500. The van der Waals surface area contributed by atoms with Crippen LogP contribution in [0.25, 0.3) is 0 Å². The third-order valence-corrected chi connectivity index (χ3v) is 7.00. The molecule has 0 aliphatic carbocycles. The standard InChI is InChI=1S/C15H16N4O2.C11H18N2O/c1-2-4-13-12(3-1)18-14-11(9-21-13)15(17-10-16-14)19-5-7-20-8-6-19;1-2-11(14)13-8-10(9-13)12-6-4-3-5-7-12/h1-4,10H,5-9H2,(H,16,17,18);2,10H,1,3-9H2. The van der Waals surface area contributed by atoms with Gasteiger partial charge in [-0.3, -0.25) is 9.69 Å². The number of carbonyl (C=O) groups is 1. The van der Waals surface area contributed by atoms with E-state index < -0.39 is 0 Å². The molecule has 0 radical (unpaired) electrons. The smallest absolute Gasteiger partial charge is 0.246 e. The van der Waals surface area contributed by atoms with Gasteiger partial charge in [0.15, 0.2) is 0 Å². The normalized spacial score (nSPS) is 20.0. The van der Waals surface area contributed by atoms with E-state index in [1.807, 2.05) is 29.2 Å². The van der Waals surface area contributed by atoms with Crippen molar-refractivity contribution in [2.75, 3.05) is 62.7 Å². The lowest BCUT2D eigenvalue weighted by atomic mass is 10.0. The summed E-state index contributed by atoms with van der Waals surface area (Å²) in [5, 5.41) is 3.35. The van der Waals surface area contributed by atoms with Gasteiger partial charge in [0.2, 0.25) is 5.91 Å². The second-order valence-electron chi connectivity index (χ2n) is 9.23. The van der Waals surface area contributed by atoms with Crippen LogP contribution in [0.5, 0.6) is 5.75 Å². The molecule has 0 atom stereocenters. The third kappa shape index (κ3) is 5.41. The van der Waals surface area contributed by atoms with Gasteiger partial charge in [-0.2, -0.15) is 0 Å². The maximum atomic E-state index is 11.2. The van der Waals surface area contributed by atoms with Crippen LogP contribution in [0.3, 0.4) is 0 Å². The van der Waals surface area contributed by atoms with Crippen LogP contribution in [0.4, 0.5) is 17.3 Å². The highest BCUT2D eigenvalue weighted by atomic mass is 16.5. The van der Waals surface area contributed by atoms with Crippen molar-refractivity contribution in [3.05, 3.63) is 48.8 Å². The van der Waals surface area contributed by atoms with E-state index in [2.05, 4.69) is 31.7 Å². The predicted octanol–water partition coefficient (Wildman–Crippen LogP) is 2.82. The summed E-state index contributed by atoms with van der Waals surface area (Å²) in [7, 11) is 0. The number of anilines is 3. The van der Waals surface area contributed by atoms with E-state index in [1.165, 1.54) is 38.4 Å². The lowest BCUT2D eigenvalue weighted by Gasteiger charge is -2.46. The van der Waals surface area contributed by atoms with Crippen LogP contribution in [0.2, 0.25) is 0 Å². The minimum Gasteiger partial charge on any atom is -0.486 e. The Morgan fingerprint density at radius 2 is 1.83 bits per heavy atom. The Morgan fingerprint density at radius 3 is 2.60 bits per heavy atom. The van der Waals surface area contributed by atoms with Crippen molar-refractivity contribution >= 4 is 23.2 Å². The number of morpholine rings is 1. The van der Waals surface area contributed by atoms with Crippen molar-refractivity contribution in [1.82, 2.24) is 19.8 Å². The Balaban J connectivity index is 0.000000158. The molecule has 4 aliphatic rings. The first-order valence-electron chi connectivity index (χ1n) is 12.5. The van der Waals surface area contributed by atoms with Gasteiger partial charge in [-0.25, -0.2) is 9.97 Å². The number of piperidine rings is 1. The molecule has 35 heavy (non-hydrogen) atoms. The fourth-order valence-electron chi connectivity index (χ4n) is 4.94. The fourth-order valence-corrected chi connectivity index (χ4v) is 4.94. The number of para-hydroxylation sites is 2. The van der Waals surface area contributed by atoms with Gasteiger partial charge in [0.05, 0.1) is 24.5 Å². The molecular formula is C26H34N6O3. The molecule has 0 saturated carbocycles. The maximum Gasteiger partial charge on any atom is 0.246 e. The van der Waals surface area contributed by atoms with Gasteiger partial charge in [-0.05, 0) is 44.1 Å². The first-order chi connectivity index (χ1) is 17.2. The summed E-state index contributed by atoms with van der Waals surface area (Å²) in [5.41, 5.74) is 1.93. The number of ether oxygens (including phenoxy) is 2. The highest BCUT2D eigenvalue weighted by Gasteiger charge is 2.33. The molecule has 0 spiro atoms. The Kier molecular flexibility index (Phi) is 7.44. The van der Waals surface area contributed by atoms with Crippen LogP contribution in [0.1, 0.15) is 24.8 Å². The molecule has 0 bridgehead atoms. The van der Waals surface area contributed by atoms with Crippen LogP contribution in [0.15, 0.2) is 43.2 Å². The van der Waals surface area contributed by atoms with Crippen molar-refractivity contribution in [3.8, 4) is 5.75 Å². The van der Waals surface area contributed by atoms with Gasteiger partial charge in [-0.15, -0.1) is 0 Å². The van der Waals surface area contributed by atoms with E-state index >= 15 is 0 Å². The zero-order valence-electron chi connectivity index (χ0n) is 20.2. The van der Waals surface area contributed by atoms with Gasteiger partial charge in [0.1, 0.15) is 30.3 Å². The van der Waals surface area contributed by atoms with Crippen LogP contribution in [-0.2, 0) is 16.1 Å². The quantitative estimate of drug-likeness (QED) is 0.675. The number of likely N-dealkylation sites (tertiary alicyclic amines) is 2. The second kappa shape index (κ2) is 11.0. The van der Waals surface area contributed by atoms with E-state index in [0.717, 1.165) is 68.0 Å². The number of aromatic nitrogens is 2. The Labute approximate surface area is 206 Å². The molecule has 3 fully saturated rings. The average molecular weight is 479 g/mol. The largest absolute Gasteiger partial charge is 0.486 e. The summed E-state index contributed by atoms with van der Waals surface area (Å²) in [6.07, 6.45) is 7.04. The van der Waals surface area contributed by atoms with Crippen molar-refractivity contribution in [2.45, 2.75) is 31.9 Å². The highest BCUT2D eigenvalue weighted by molar-refractivity contribution is 5.87. The van der Waals surface area contributed by atoms with Crippen LogP contribution < -0.4 is 15.0 Å². The van der Waals surface area contributed by atoms with Crippen LogP contribution >= 0.6 is 0 Å². The van der Waals surface area contributed by atoms with E-state index in [0.29, 0.717) is 12.6 Å². The van der Waals surface area contributed by atoms with Crippen LogP contribution in [-0.4, -0.2) is 84.2 Å². The molecule has 186 valence electrons. The molecule has 3 saturated heterocycles. The molecule has 1 aromatic heterocycles. The molecule has 9 heteroatoms. The number of amides is 1.